The van der Waals surface area contributed by atoms with E-state index >= 15 is 0 Å². The highest BCUT2D eigenvalue weighted by molar-refractivity contribution is 5.47. The maximum absolute atomic E-state index is 4.49. The molecule has 1 aromatic rings. The second kappa shape index (κ2) is 5.45. The summed E-state index contributed by atoms with van der Waals surface area (Å²) in [4.78, 5) is 13.9. The molecule has 3 rings (SSSR count). The molecule has 0 aromatic carbocycles. The number of hydrogen-bond donors (Lipinski definition) is 0. The monoisotopic (exact) mass is 260 g/mol. The summed E-state index contributed by atoms with van der Waals surface area (Å²) in [6.07, 6.45) is 7.05. The predicted molar refractivity (Wildman–Crippen MR) is 77.5 cm³/mol. The molecular formula is C15H24N4. The van der Waals surface area contributed by atoms with Crippen molar-refractivity contribution in [2.24, 2.45) is 0 Å². The van der Waals surface area contributed by atoms with Crippen molar-refractivity contribution in [2.45, 2.75) is 45.6 Å². The predicted octanol–water partition coefficient (Wildman–Crippen LogP) is 2.16. The number of aryl methyl sites for hydroxylation is 1. The quantitative estimate of drug-likeness (QED) is 0.815. The van der Waals surface area contributed by atoms with Gasteiger partial charge in [-0.1, -0.05) is 0 Å². The molecule has 2 aliphatic heterocycles. The Morgan fingerprint density at radius 3 is 2.37 bits per heavy atom. The molecule has 2 saturated heterocycles. The SMILES string of the molecule is Cc1ncnc(N2CCC(N3CCCC3)CC2)c1C. The fourth-order valence-electron chi connectivity index (χ4n) is 3.39. The van der Waals surface area contributed by atoms with Crippen molar-refractivity contribution in [2.75, 3.05) is 31.1 Å². The number of anilines is 1. The van der Waals surface area contributed by atoms with E-state index in [1.807, 2.05) is 0 Å². The van der Waals surface area contributed by atoms with E-state index in [1.165, 1.54) is 44.3 Å². The van der Waals surface area contributed by atoms with Gasteiger partial charge in [-0.2, -0.15) is 0 Å². The van der Waals surface area contributed by atoms with Crippen LogP contribution in [0.2, 0.25) is 0 Å². The molecule has 0 N–H and O–H groups in total. The van der Waals surface area contributed by atoms with Crippen molar-refractivity contribution in [3.63, 3.8) is 0 Å². The molecule has 0 bridgehead atoms. The summed E-state index contributed by atoms with van der Waals surface area (Å²) in [5.74, 6) is 1.15. The zero-order chi connectivity index (χ0) is 13.2. The largest absolute Gasteiger partial charge is 0.356 e. The summed E-state index contributed by atoms with van der Waals surface area (Å²) >= 11 is 0. The third-order valence-corrected chi connectivity index (χ3v) is 4.73. The zero-order valence-electron chi connectivity index (χ0n) is 12.1. The van der Waals surface area contributed by atoms with Crippen LogP contribution < -0.4 is 4.90 Å². The number of aromatic nitrogens is 2. The van der Waals surface area contributed by atoms with Crippen LogP contribution in [0.3, 0.4) is 0 Å². The fourth-order valence-corrected chi connectivity index (χ4v) is 3.39. The van der Waals surface area contributed by atoms with Crippen LogP contribution in [-0.2, 0) is 0 Å². The number of rotatable bonds is 2. The average molecular weight is 260 g/mol. The lowest BCUT2D eigenvalue weighted by molar-refractivity contribution is 0.207. The minimum absolute atomic E-state index is 0.807. The van der Waals surface area contributed by atoms with Gasteiger partial charge in [0.2, 0.25) is 0 Å². The van der Waals surface area contributed by atoms with Gasteiger partial charge in [0.05, 0.1) is 0 Å². The van der Waals surface area contributed by atoms with Crippen molar-refractivity contribution in [1.82, 2.24) is 14.9 Å². The number of likely N-dealkylation sites (tertiary alicyclic amines) is 1. The van der Waals surface area contributed by atoms with Gasteiger partial charge in [0.1, 0.15) is 12.1 Å². The molecule has 0 unspecified atom stereocenters. The highest BCUT2D eigenvalue weighted by Gasteiger charge is 2.27. The van der Waals surface area contributed by atoms with Crippen LogP contribution in [0.1, 0.15) is 36.9 Å². The molecule has 0 aliphatic carbocycles. The van der Waals surface area contributed by atoms with Crippen LogP contribution in [0.25, 0.3) is 0 Å². The topological polar surface area (TPSA) is 32.3 Å². The molecule has 3 heterocycles. The molecule has 2 fully saturated rings. The molecule has 2 aliphatic rings. The minimum Gasteiger partial charge on any atom is -0.356 e. The van der Waals surface area contributed by atoms with E-state index in [-0.39, 0.29) is 0 Å². The van der Waals surface area contributed by atoms with E-state index in [0.717, 1.165) is 30.6 Å². The first-order valence-electron chi connectivity index (χ1n) is 7.53. The Balaban J connectivity index is 1.64. The highest BCUT2D eigenvalue weighted by atomic mass is 15.2. The van der Waals surface area contributed by atoms with Crippen molar-refractivity contribution < 1.29 is 0 Å². The lowest BCUT2D eigenvalue weighted by atomic mass is 10.0. The molecule has 0 spiro atoms. The summed E-state index contributed by atoms with van der Waals surface area (Å²) in [6, 6.07) is 0.807. The maximum Gasteiger partial charge on any atom is 0.135 e. The molecule has 0 amide bonds. The van der Waals surface area contributed by atoms with Crippen LogP contribution in [0.4, 0.5) is 5.82 Å². The van der Waals surface area contributed by atoms with Gasteiger partial charge in [-0.25, -0.2) is 9.97 Å². The molecule has 4 heteroatoms. The summed E-state index contributed by atoms with van der Waals surface area (Å²) in [6.45, 7) is 9.11. The zero-order valence-corrected chi connectivity index (χ0v) is 12.1. The lowest BCUT2D eigenvalue weighted by Gasteiger charge is -2.37. The van der Waals surface area contributed by atoms with Crippen molar-refractivity contribution in [3.05, 3.63) is 17.6 Å². The van der Waals surface area contributed by atoms with E-state index < -0.39 is 0 Å². The second-order valence-corrected chi connectivity index (χ2v) is 5.87. The molecule has 104 valence electrons. The molecule has 0 radical (unpaired) electrons. The Morgan fingerprint density at radius 1 is 1.00 bits per heavy atom. The molecular weight excluding hydrogens is 236 g/mol. The number of piperidine rings is 1. The smallest absolute Gasteiger partial charge is 0.135 e. The Hall–Kier alpha value is -1.16. The van der Waals surface area contributed by atoms with Crippen LogP contribution in [0.15, 0.2) is 6.33 Å². The van der Waals surface area contributed by atoms with Gasteiger partial charge in [0.25, 0.3) is 0 Å². The number of nitrogens with zero attached hydrogens (tertiary/aromatic N) is 4. The van der Waals surface area contributed by atoms with Crippen LogP contribution in [-0.4, -0.2) is 47.1 Å². The van der Waals surface area contributed by atoms with Gasteiger partial charge < -0.3 is 9.80 Å². The molecule has 0 atom stereocenters. The van der Waals surface area contributed by atoms with Gasteiger partial charge in [-0.05, 0) is 52.6 Å². The second-order valence-electron chi connectivity index (χ2n) is 5.87. The number of hydrogen-bond acceptors (Lipinski definition) is 4. The van der Waals surface area contributed by atoms with Crippen LogP contribution in [0, 0.1) is 13.8 Å². The summed E-state index contributed by atoms with van der Waals surface area (Å²) in [5.41, 5.74) is 2.34. The third-order valence-electron chi connectivity index (χ3n) is 4.73. The minimum atomic E-state index is 0.807. The van der Waals surface area contributed by atoms with Crippen LogP contribution in [0.5, 0.6) is 0 Å². The first-order chi connectivity index (χ1) is 9.25. The standard InChI is InChI=1S/C15H24N4/c1-12-13(2)16-11-17-15(12)19-9-5-14(6-10-19)18-7-3-4-8-18/h11,14H,3-10H2,1-2H3. The van der Waals surface area contributed by atoms with Gasteiger partial charge in [0, 0.05) is 30.4 Å². The van der Waals surface area contributed by atoms with Gasteiger partial charge in [0.15, 0.2) is 0 Å². The van der Waals surface area contributed by atoms with Gasteiger partial charge in [-0.15, -0.1) is 0 Å². The van der Waals surface area contributed by atoms with E-state index in [0.29, 0.717) is 0 Å². The summed E-state index contributed by atoms with van der Waals surface area (Å²) < 4.78 is 0. The van der Waals surface area contributed by atoms with E-state index in [2.05, 4.69) is 33.6 Å². The van der Waals surface area contributed by atoms with Crippen LogP contribution >= 0.6 is 0 Å². The first-order valence-corrected chi connectivity index (χ1v) is 7.53. The van der Waals surface area contributed by atoms with Gasteiger partial charge >= 0.3 is 0 Å². The molecule has 4 nitrogen and oxygen atoms in total. The molecule has 1 aromatic heterocycles. The Bertz CT molecular complexity index is 432. The van der Waals surface area contributed by atoms with Crippen molar-refractivity contribution in [1.29, 1.82) is 0 Å². The first kappa shape index (κ1) is 12.9. The van der Waals surface area contributed by atoms with E-state index in [4.69, 9.17) is 0 Å². The third kappa shape index (κ3) is 2.59. The lowest BCUT2D eigenvalue weighted by Crippen LogP contribution is -2.44. The fraction of sp³-hybridized carbons (Fsp3) is 0.733. The van der Waals surface area contributed by atoms with Gasteiger partial charge in [-0.3, -0.25) is 0 Å². The molecule has 0 saturated carbocycles. The summed E-state index contributed by atoms with van der Waals surface area (Å²) in [5, 5.41) is 0. The average Bonchev–Trinajstić information content (AvgIpc) is 2.96. The van der Waals surface area contributed by atoms with E-state index in [1.54, 1.807) is 6.33 Å². The summed E-state index contributed by atoms with van der Waals surface area (Å²) in [7, 11) is 0. The highest BCUT2D eigenvalue weighted by Crippen LogP contribution is 2.25. The van der Waals surface area contributed by atoms with E-state index in [9.17, 15) is 0 Å². The molecule has 19 heavy (non-hydrogen) atoms. The van der Waals surface area contributed by atoms with Crippen molar-refractivity contribution in [3.8, 4) is 0 Å². The van der Waals surface area contributed by atoms with Crippen molar-refractivity contribution >= 4 is 5.82 Å². The Kier molecular flexibility index (Phi) is 3.69. The Labute approximate surface area is 115 Å². The normalized spacial score (nSPS) is 22.1. The maximum atomic E-state index is 4.49. The Morgan fingerprint density at radius 2 is 1.68 bits per heavy atom.